The Morgan fingerprint density at radius 1 is 1.25 bits per heavy atom. The molecule has 2 saturated heterocycles. The Bertz CT molecular complexity index is 783. The van der Waals surface area contributed by atoms with Gasteiger partial charge in [-0.1, -0.05) is 11.6 Å². The highest BCUT2D eigenvalue weighted by molar-refractivity contribution is 6.32. The first-order valence-corrected chi connectivity index (χ1v) is 9.17. The Labute approximate surface area is 166 Å². The molecular weight excluding hydrogens is 392 g/mol. The van der Waals surface area contributed by atoms with Crippen molar-refractivity contribution in [2.45, 2.75) is 19.3 Å². The zero-order valence-corrected chi connectivity index (χ0v) is 16.3. The Hall–Kier alpha value is -2.59. The lowest BCUT2D eigenvalue weighted by atomic mass is 10.2. The molecule has 0 saturated carbocycles. The first kappa shape index (κ1) is 20.2. The van der Waals surface area contributed by atoms with Gasteiger partial charge in [-0.25, -0.2) is 4.79 Å². The summed E-state index contributed by atoms with van der Waals surface area (Å²) in [6.07, 6.45) is -1.45. The van der Waals surface area contributed by atoms with E-state index in [4.69, 9.17) is 21.1 Å². The van der Waals surface area contributed by atoms with Gasteiger partial charge in [0.25, 0.3) is 11.6 Å². The van der Waals surface area contributed by atoms with Crippen LogP contribution in [0.15, 0.2) is 18.2 Å². The van der Waals surface area contributed by atoms with Gasteiger partial charge < -0.3 is 24.2 Å². The quantitative estimate of drug-likeness (QED) is 0.549. The van der Waals surface area contributed by atoms with E-state index < -0.39 is 17.1 Å². The summed E-state index contributed by atoms with van der Waals surface area (Å²) in [6, 6.07) is 4.43. The molecule has 3 rings (SSSR count). The SMILES string of the molecule is COC(=O)N1CCN(C(=O)[C@@H]2CN(c3ccc([N+](=O)[O-])c(Cl)c3)[C@@H](C)O2)CC1. The molecule has 0 N–H and O–H groups in total. The Morgan fingerprint density at radius 2 is 1.89 bits per heavy atom. The molecule has 0 aliphatic carbocycles. The van der Waals surface area contributed by atoms with Gasteiger partial charge in [-0.2, -0.15) is 0 Å². The number of hydrogen-bond acceptors (Lipinski definition) is 7. The van der Waals surface area contributed by atoms with E-state index >= 15 is 0 Å². The average Bonchev–Trinajstić information content (AvgIpc) is 3.08. The molecule has 2 aliphatic heterocycles. The van der Waals surface area contributed by atoms with E-state index in [1.807, 2.05) is 4.90 Å². The fourth-order valence-electron chi connectivity index (χ4n) is 3.40. The number of ether oxygens (including phenoxy) is 2. The summed E-state index contributed by atoms with van der Waals surface area (Å²) in [5, 5.41) is 11.0. The minimum Gasteiger partial charge on any atom is -0.453 e. The zero-order chi connectivity index (χ0) is 20.4. The van der Waals surface area contributed by atoms with Crippen molar-refractivity contribution >= 4 is 35.0 Å². The van der Waals surface area contributed by atoms with Gasteiger partial charge in [0.1, 0.15) is 11.3 Å². The van der Waals surface area contributed by atoms with Crippen LogP contribution in [0.25, 0.3) is 0 Å². The molecule has 1 aromatic carbocycles. The Balaban J connectivity index is 1.64. The van der Waals surface area contributed by atoms with E-state index in [-0.39, 0.29) is 22.8 Å². The number of nitro groups is 1. The number of nitro benzene ring substituents is 1. The number of halogens is 1. The fraction of sp³-hybridized carbons (Fsp3) is 0.529. The number of anilines is 1. The van der Waals surface area contributed by atoms with Crippen molar-refractivity contribution in [1.29, 1.82) is 0 Å². The maximum Gasteiger partial charge on any atom is 0.409 e. The van der Waals surface area contributed by atoms with Crippen molar-refractivity contribution in [2.24, 2.45) is 0 Å². The first-order chi connectivity index (χ1) is 13.3. The largest absolute Gasteiger partial charge is 0.453 e. The van der Waals surface area contributed by atoms with Crippen LogP contribution in [0.1, 0.15) is 6.92 Å². The van der Waals surface area contributed by atoms with Gasteiger partial charge in [0, 0.05) is 37.9 Å². The second-order valence-corrected chi connectivity index (χ2v) is 6.96. The summed E-state index contributed by atoms with van der Waals surface area (Å²) in [6.45, 7) is 3.74. The number of hydrogen-bond donors (Lipinski definition) is 0. The maximum atomic E-state index is 12.8. The van der Waals surface area contributed by atoms with E-state index in [2.05, 4.69) is 0 Å². The molecule has 2 atom stereocenters. The molecule has 10 nitrogen and oxygen atoms in total. The van der Waals surface area contributed by atoms with Crippen LogP contribution in [0, 0.1) is 10.1 Å². The van der Waals surface area contributed by atoms with Crippen LogP contribution in [0.4, 0.5) is 16.2 Å². The van der Waals surface area contributed by atoms with E-state index in [0.717, 1.165) is 0 Å². The predicted molar refractivity (Wildman–Crippen MR) is 100 cm³/mol. The summed E-state index contributed by atoms with van der Waals surface area (Å²) in [4.78, 5) is 39.8. The molecule has 1 aromatic rings. The van der Waals surface area contributed by atoms with E-state index in [0.29, 0.717) is 38.4 Å². The monoisotopic (exact) mass is 412 g/mol. The third-order valence-electron chi connectivity index (χ3n) is 4.92. The highest BCUT2D eigenvalue weighted by Crippen LogP contribution is 2.32. The fourth-order valence-corrected chi connectivity index (χ4v) is 3.64. The maximum absolute atomic E-state index is 12.8. The number of carbonyl (C=O) groups excluding carboxylic acids is 2. The van der Waals surface area contributed by atoms with Crippen LogP contribution in [0.3, 0.4) is 0 Å². The van der Waals surface area contributed by atoms with E-state index in [1.165, 1.54) is 19.2 Å². The molecule has 0 spiro atoms. The molecule has 0 unspecified atom stereocenters. The second-order valence-electron chi connectivity index (χ2n) is 6.55. The smallest absolute Gasteiger partial charge is 0.409 e. The molecule has 2 fully saturated rings. The van der Waals surface area contributed by atoms with Crippen molar-refractivity contribution in [3.63, 3.8) is 0 Å². The average molecular weight is 413 g/mol. The normalized spacial score (nSPS) is 22.3. The van der Waals surface area contributed by atoms with Crippen LogP contribution in [0.2, 0.25) is 5.02 Å². The topological polar surface area (TPSA) is 105 Å². The first-order valence-electron chi connectivity index (χ1n) is 8.79. The summed E-state index contributed by atoms with van der Waals surface area (Å²) < 4.78 is 10.5. The van der Waals surface area contributed by atoms with Crippen LogP contribution in [-0.2, 0) is 14.3 Å². The van der Waals surface area contributed by atoms with Gasteiger partial charge in [0.05, 0.1) is 18.6 Å². The minimum atomic E-state index is -0.659. The van der Waals surface area contributed by atoms with Crippen molar-refractivity contribution in [3.05, 3.63) is 33.3 Å². The van der Waals surface area contributed by atoms with Crippen LogP contribution < -0.4 is 4.90 Å². The number of amides is 2. The molecule has 0 bridgehead atoms. The van der Waals surface area contributed by atoms with Crippen LogP contribution in [0.5, 0.6) is 0 Å². The zero-order valence-electron chi connectivity index (χ0n) is 15.5. The minimum absolute atomic E-state index is 0.0309. The van der Waals surface area contributed by atoms with Gasteiger partial charge in [0.15, 0.2) is 6.10 Å². The predicted octanol–water partition coefficient (Wildman–Crippen LogP) is 1.71. The number of carbonyl (C=O) groups is 2. The third kappa shape index (κ3) is 3.97. The second kappa shape index (κ2) is 8.19. The standard InChI is InChI=1S/C17H21ClN4O6/c1-11-21(12-3-4-14(22(25)26)13(18)9-12)10-15(28-11)16(23)19-5-7-20(8-6-19)17(24)27-2/h3-4,9,11,15H,5-8,10H2,1-2H3/t11-,15+/m1/s1. The van der Waals surface area contributed by atoms with Gasteiger partial charge >= 0.3 is 6.09 Å². The summed E-state index contributed by atoms with van der Waals surface area (Å²) in [7, 11) is 1.33. The Morgan fingerprint density at radius 3 is 2.46 bits per heavy atom. The summed E-state index contributed by atoms with van der Waals surface area (Å²) in [5.41, 5.74) is 0.475. The number of benzene rings is 1. The molecule has 28 heavy (non-hydrogen) atoms. The Kier molecular flexibility index (Phi) is 5.90. The van der Waals surface area contributed by atoms with Gasteiger partial charge in [-0.15, -0.1) is 0 Å². The molecule has 11 heteroatoms. The number of methoxy groups -OCH3 is 1. The number of piperazine rings is 1. The van der Waals surface area contributed by atoms with Crippen LogP contribution >= 0.6 is 11.6 Å². The number of rotatable bonds is 3. The number of nitrogens with zero attached hydrogens (tertiary/aromatic N) is 4. The summed E-state index contributed by atoms with van der Waals surface area (Å²) in [5.74, 6) is -0.146. The van der Waals surface area contributed by atoms with E-state index in [1.54, 1.807) is 22.8 Å². The summed E-state index contributed by atoms with van der Waals surface area (Å²) >= 11 is 6.00. The lowest BCUT2D eigenvalue weighted by Crippen LogP contribution is -2.53. The van der Waals surface area contributed by atoms with Gasteiger partial charge in [0.2, 0.25) is 0 Å². The third-order valence-corrected chi connectivity index (χ3v) is 5.22. The lowest BCUT2D eigenvalue weighted by Gasteiger charge is -2.34. The van der Waals surface area contributed by atoms with E-state index in [9.17, 15) is 19.7 Å². The molecular formula is C17H21ClN4O6. The molecule has 0 aromatic heterocycles. The lowest BCUT2D eigenvalue weighted by molar-refractivity contribution is -0.384. The van der Waals surface area contributed by atoms with Crippen molar-refractivity contribution < 1.29 is 24.0 Å². The molecule has 152 valence electrons. The highest BCUT2D eigenvalue weighted by atomic mass is 35.5. The van der Waals surface area contributed by atoms with Crippen molar-refractivity contribution in [1.82, 2.24) is 9.80 Å². The highest BCUT2D eigenvalue weighted by Gasteiger charge is 2.38. The molecule has 2 aliphatic rings. The van der Waals surface area contributed by atoms with Gasteiger partial charge in [-0.3, -0.25) is 14.9 Å². The van der Waals surface area contributed by atoms with Crippen molar-refractivity contribution in [3.8, 4) is 0 Å². The molecule has 2 heterocycles. The van der Waals surface area contributed by atoms with Gasteiger partial charge in [-0.05, 0) is 19.1 Å². The van der Waals surface area contributed by atoms with Crippen molar-refractivity contribution in [2.75, 3.05) is 44.7 Å². The molecule has 2 amide bonds. The molecule has 0 radical (unpaired) electrons. The van der Waals surface area contributed by atoms with Crippen LogP contribution in [-0.4, -0.2) is 78.9 Å².